The Morgan fingerprint density at radius 3 is 2.16 bits per heavy atom. The number of amides is 2. The van der Waals surface area contributed by atoms with Crippen LogP contribution < -0.4 is 20.3 Å². The van der Waals surface area contributed by atoms with Gasteiger partial charge < -0.3 is 20.3 Å². The van der Waals surface area contributed by atoms with E-state index in [1.54, 1.807) is 0 Å². The van der Waals surface area contributed by atoms with Crippen LogP contribution in [0.5, 0.6) is 5.75 Å². The van der Waals surface area contributed by atoms with Crippen LogP contribution in [-0.2, 0) is 9.59 Å². The van der Waals surface area contributed by atoms with Crippen LogP contribution in [0.1, 0.15) is 0 Å². The quantitative estimate of drug-likeness (QED) is 0.681. The van der Waals surface area contributed by atoms with Crippen LogP contribution in [0, 0.1) is 0 Å². The van der Waals surface area contributed by atoms with E-state index in [1.807, 2.05) is 18.2 Å². The Kier molecular flexibility index (Phi) is 7.35. The van der Waals surface area contributed by atoms with E-state index in [2.05, 4.69) is 37.3 Å². The first-order chi connectivity index (χ1) is 14.8. The fourth-order valence-electron chi connectivity index (χ4n) is 3.20. The Labute approximate surface area is 177 Å². The number of alkyl halides is 3. The van der Waals surface area contributed by atoms with Gasteiger partial charge in [0, 0.05) is 50.6 Å². The van der Waals surface area contributed by atoms with Crippen LogP contribution in [0.4, 0.5) is 24.5 Å². The molecule has 0 unspecified atom stereocenters. The first kappa shape index (κ1) is 22.4. The number of benzene rings is 2. The first-order valence-electron chi connectivity index (χ1n) is 9.77. The number of hydrogen-bond acceptors (Lipinski definition) is 5. The van der Waals surface area contributed by atoms with E-state index in [4.69, 9.17) is 0 Å². The second-order valence-corrected chi connectivity index (χ2v) is 6.95. The molecule has 0 aromatic heterocycles. The molecule has 3 rings (SSSR count). The molecular formula is C21H23F3N4O3. The second-order valence-electron chi connectivity index (χ2n) is 6.95. The van der Waals surface area contributed by atoms with Crippen molar-refractivity contribution in [2.75, 3.05) is 49.5 Å². The lowest BCUT2D eigenvalue weighted by molar-refractivity contribution is -0.274. The fraction of sp³-hybridized carbons (Fsp3) is 0.333. The lowest BCUT2D eigenvalue weighted by Crippen LogP contribution is -2.49. The molecule has 166 valence electrons. The van der Waals surface area contributed by atoms with Crippen molar-refractivity contribution in [1.29, 1.82) is 0 Å². The van der Waals surface area contributed by atoms with E-state index in [0.29, 0.717) is 13.1 Å². The van der Waals surface area contributed by atoms with Crippen molar-refractivity contribution in [3.63, 3.8) is 0 Å². The van der Waals surface area contributed by atoms with Gasteiger partial charge in [-0.15, -0.1) is 13.2 Å². The average molecular weight is 436 g/mol. The number of hydrogen-bond donors (Lipinski definition) is 2. The smallest absolute Gasteiger partial charge is 0.406 e. The molecular weight excluding hydrogens is 413 g/mol. The van der Waals surface area contributed by atoms with Gasteiger partial charge in [0.2, 0.25) is 0 Å². The van der Waals surface area contributed by atoms with E-state index in [1.165, 1.54) is 17.8 Å². The van der Waals surface area contributed by atoms with Crippen molar-refractivity contribution < 1.29 is 27.5 Å². The number of anilines is 2. The van der Waals surface area contributed by atoms with Gasteiger partial charge in [0.1, 0.15) is 5.75 Å². The van der Waals surface area contributed by atoms with Crippen LogP contribution >= 0.6 is 0 Å². The third kappa shape index (κ3) is 7.18. The summed E-state index contributed by atoms with van der Waals surface area (Å²) >= 11 is 0. The molecule has 0 aliphatic carbocycles. The van der Waals surface area contributed by atoms with Gasteiger partial charge in [0.05, 0.1) is 0 Å². The monoisotopic (exact) mass is 436 g/mol. The second kappa shape index (κ2) is 10.2. The third-order valence-corrected chi connectivity index (χ3v) is 4.76. The first-order valence-corrected chi connectivity index (χ1v) is 9.77. The Hall–Kier alpha value is -3.27. The van der Waals surface area contributed by atoms with Crippen molar-refractivity contribution in [2.24, 2.45) is 0 Å². The molecule has 0 saturated carbocycles. The van der Waals surface area contributed by atoms with Crippen molar-refractivity contribution in [3.05, 3.63) is 54.6 Å². The molecule has 0 radical (unpaired) electrons. The number of carbonyl (C=O) groups is 2. The van der Waals surface area contributed by atoms with Crippen molar-refractivity contribution in [3.8, 4) is 5.75 Å². The van der Waals surface area contributed by atoms with Crippen molar-refractivity contribution >= 4 is 23.2 Å². The van der Waals surface area contributed by atoms with Gasteiger partial charge in [-0.05, 0) is 36.4 Å². The Bertz CT molecular complexity index is 868. The molecule has 1 fully saturated rings. The van der Waals surface area contributed by atoms with Gasteiger partial charge in [0.15, 0.2) is 0 Å². The van der Waals surface area contributed by atoms with E-state index in [9.17, 15) is 22.8 Å². The number of halogens is 3. The summed E-state index contributed by atoms with van der Waals surface area (Å²) < 4.78 is 40.2. The minimum absolute atomic E-state index is 0.187. The predicted octanol–water partition coefficient (Wildman–Crippen LogP) is 2.46. The molecule has 2 N–H and O–H groups in total. The molecule has 1 heterocycles. The highest BCUT2D eigenvalue weighted by atomic mass is 19.4. The van der Waals surface area contributed by atoms with Crippen LogP contribution in [0.3, 0.4) is 0 Å². The Morgan fingerprint density at radius 2 is 1.55 bits per heavy atom. The van der Waals surface area contributed by atoms with Gasteiger partial charge in [-0.1, -0.05) is 18.2 Å². The lowest BCUT2D eigenvalue weighted by atomic mass is 10.2. The molecule has 1 aliphatic heterocycles. The van der Waals surface area contributed by atoms with E-state index in [0.717, 1.165) is 38.3 Å². The van der Waals surface area contributed by atoms with Crippen LogP contribution in [0.2, 0.25) is 0 Å². The number of nitrogens with zero attached hydrogens (tertiary/aromatic N) is 2. The van der Waals surface area contributed by atoms with Gasteiger partial charge >= 0.3 is 18.2 Å². The zero-order chi connectivity index (χ0) is 22.3. The Morgan fingerprint density at radius 1 is 0.903 bits per heavy atom. The normalized spacial score (nSPS) is 14.7. The average Bonchev–Trinajstić information content (AvgIpc) is 2.75. The van der Waals surface area contributed by atoms with Gasteiger partial charge in [-0.2, -0.15) is 0 Å². The molecule has 31 heavy (non-hydrogen) atoms. The third-order valence-electron chi connectivity index (χ3n) is 4.76. The number of rotatable bonds is 6. The molecule has 0 bridgehead atoms. The maximum Gasteiger partial charge on any atom is 0.573 e. The lowest BCUT2D eigenvalue weighted by Gasteiger charge is -2.36. The highest BCUT2D eigenvalue weighted by molar-refractivity contribution is 6.39. The summed E-state index contributed by atoms with van der Waals surface area (Å²) in [4.78, 5) is 28.4. The highest BCUT2D eigenvalue weighted by Gasteiger charge is 2.31. The number of nitrogens with one attached hydrogen (secondary N) is 2. The molecule has 2 amide bonds. The minimum Gasteiger partial charge on any atom is -0.406 e. The largest absolute Gasteiger partial charge is 0.573 e. The highest BCUT2D eigenvalue weighted by Crippen LogP contribution is 2.23. The van der Waals surface area contributed by atoms with Gasteiger partial charge in [-0.25, -0.2) is 0 Å². The molecule has 10 heteroatoms. The van der Waals surface area contributed by atoms with Gasteiger partial charge in [-0.3, -0.25) is 14.5 Å². The van der Waals surface area contributed by atoms with Crippen LogP contribution in [0.25, 0.3) is 0 Å². The Balaban J connectivity index is 1.36. The minimum atomic E-state index is -4.79. The molecule has 7 nitrogen and oxygen atoms in total. The molecule has 2 aromatic carbocycles. The summed E-state index contributed by atoms with van der Waals surface area (Å²) in [6.45, 7) is 4.40. The number of para-hydroxylation sites is 1. The van der Waals surface area contributed by atoms with E-state index < -0.39 is 23.9 Å². The molecule has 0 spiro atoms. The topological polar surface area (TPSA) is 73.9 Å². The SMILES string of the molecule is O=C(NCCN1CCN(c2ccccc2)CC1)C(=O)Nc1ccc(OC(F)(F)F)cc1. The molecule has 1 saturated heterocycles. The summed E-state index contributed by atoms with van der Waals surface area (Å²) in [6, 6.07) is 14.7. The number of carbonyl (C=O) groups excluding carboxylic acids is 2. The summed E-state index contributed by atoms with van der Waals surface area (Å²) in [5, 5.41) is 4.89. The number of piperazine rings is 1. The van der Waals surface area contributed by atoms with Crippen molar-refractivity contribution in [2.45, 2.75) is 6.36 Å². The van der Waals surface area contributed by atoms with Crippen molar-refractivity contribution in [1.82, 2.24) is 10.2 Å². The fourth-order valence-corrected chi connectivity index (χ4v) is 3.20. The van der Waals surface area contributed by atoms with Crippen LogP contribution in [0.15, 0.2) is 54.6 Å². The molecule has 2 aromatic rings. The predicted molar refractivity (Wildman–Crippen MR) is 110 cm³/mol. The zero-order valence-electron chi connectivity index (χ0n) is 16.7. The molecule has 1 aliphatic rings. The van der Waals surface area contributed by atoms with E-state index in [-0.39, 0.29) is 5.69 Å². The van der Waals surface area contributed by atoms with Gasteiger partial charge in [0.25, 0.3) is 0 Å². The zero-order valence-corrected chi connectivity index (χ0v) is 16.7. The maximum absolute atomic E-state index is 12.2. The number of ether oxygens (including phenoxy) is 1. The standard InChI is InChI=1S/C21H23F3N4O3/c22-21(23,24)31-18-8-6-16(7-9-18)26-20(30)19(29)25-10-11-27-12-14-28(15-13-27)17-4-2-1-3-5-17/h1-9H,10-15H2,(H,25,29)(H,26,30). The summed E-state index contributed by atoms with van der Waals surface area (Å²) in [5.74, 6) is -2.11. The summed E-state index contributed by atoms with van der Waals surface area (Å²) in [6.07, 6.45) is -4.79. The summed E-state index contributed by atoms with van der Waals surface area (Å²) in [5.41, 5.74) is 1.37. The summed E-state index contributed by atoms with van der Waals surface area (Å²) in [7, 11) is 0. The maximum atomic E-state index is 12.2. The molecule has 0 atom stereocenters. The van der Waals surface area contributed by atoms with E-state index >= 15 is 0 Å². The van der Waals surface area contributed by atoms with Crippen LogP contribution in [-0.4, -0.2) is 62.3 Å².